The average molecular weight is 405 g/mol. The van der Waals surface area contributed by atoms with E-state index < -0.39 is 6.36 Å². The summed E-state index contributed by atoms with van der Waals surface area (Å²) >= 11 is 0. The number of ether oxygens (including phenoxy) is 1. The van der Waals surface area contributed by atoms with Gasteiger partial charge in [0.05, 0.1) is 12.3 Å². The van der Waals surface area contributed by atoms with Crippen LogP contribution < -0.4 is 15.4 Å². The van der Waals surface area contributed by atoms with Crippen LogP contribution in [0.3, 0.4) is 0 Å². The molecule has 0 atom stereocenters. The molecule has 2 heterocycles. The van der Waals surface area contributed by atoms with E-state index in [2.05, 4.69) is 30.3 Å². The Morgan fingerprint density at radius 3 is 2.62 bits per heavy atom. The van der Waals surface area contributed by atoms with E-state index in [1.54, 1.807) is 24.5 Å². The number of alkyl halides is 3. The van der Waals surface area contributed by atoms with Crippen LogP contribution >= 0.6 is 0 Å². The van der Waals surface area contributed by atoms with Crippen LogP contribution in [0.4, 0.5) is 24.9 Å². The summed E-state index contributed by atoms with van der Waals surface area (Å²) in [4.78, 5) is 12.7. The van der Waals surface area contributed by atoms with Gasteiger partial charge in [0, 0.05) is 37.1 Å². The molecule has 0 bridgehead atoms. The van der Waals surface area contributed by atoms with Crippen molar-refractivity contribution in [1.29, 1.82) is 0 Å². The van der Waals surface area contributed by atoms with E-state index in [1.807, 2.05) is 12.1 Å². The molecule has 2 aromatic heterocycles. The van der Waals surface area contributed by atoms with Crippen LogP contribution in [0.1, 0.15) is 5.56 Å². The molecule has 152 valence electrons. The molecule has 0 aliphatic carbocycles. The number of pyridine rings is 1. The highest BCUT2D eigenvalue weighted by Gasteiger charge is 2.31. The van der Waals surface area contributed by atoms with Crippen molar-refractivity contribution in [1.82, 2.24) is 15.0 Å². The maximum atomic E-state index is 12.5. The predicted molar refractivity (Wildman–Crippen MR) is 101 cm³/mol. The Labute approximate surface area is 164 Å². The molecule has 0 saturated heterocycles. The number of aliphatic hydroxyl groups is 1. The molecule has 10 heteroatoms. The molecular weight excluding hydrogens is 387 g/mol. The van der Waals surface area contributed by atoms with Crippen LogP contribution in [0.15, 0.2) is 54.9 Å². The van der Waals surface area contributed by atoms with E-state index in [9.17, 15) is 13.2 Å². The molecule has 0 fully saturated rings. The van der Waals surface area contributed by atoms with Crippen LogP contribution in [0.25, 0.3) is 11.3 Å². The summed E-state index contributed by atoms with van der Waals surface area (Å²) in [7, 11) is 0. The molecule has 1 aromatic carbocycles. The average Bonchev–Trinajstić information content (AvgIpc) is 2.70. The van der Waals surface area contributed by atoms with Crippen LogP contribution in [0.5, 0.6) is 5.75 Å². The van der Waals surface area contributed by atoms with E-state index in [0.29, 0.717) is 23.6 Å². The molecule has 0 aliphatic rings. The van der Waals surface area contributed by atoms with Gasteiger partial charge in [-0.3, -0.25) is 4.98 Å². The standard InChI is InChI=1S/C19H18F3N5O2/c20-19(21,22)29-15-5-1-4-14(9-15)16-10-17(27-18(26-16)24-7-8-28)25-12-13-3-2-6-23-11-13/h1-6,9-11,28H,7-8,12H2,(H2,24,25,26,27). The molecule has 0 aliphatic heterocycles. The van der Waals surface area contributed by atoms with Crippen molar-refractivity contribution in [2.24, 2.45) is 0 Å². The summed E-state index contributed by atoms with van der Waals surface area (Å²) in [6, 6.07) is 10.8. The number of nitrogens with one attached hydrogen (secondary N) is 2. The highest BCUT2D eigenvalue weighted by atomic mass is 19.4. The Hall–Kier alpha value is -3.40. The SMILES string of the molecule is OCCNc1nc(NCc2cccnc2)cc(-c2cccc(OC(F)(F)F)c2)n1. The van der Waals surface area contributed by atoms with Crippen molar-refractivity contribution < 1.29 is 23.0 Å². The molecule has 0 spiro atoms. The first-order valence-electron chi connectivity index (χ1n) is 8.66. The summed E-state index contributed by atoms with van der Waals surface area (Å²) in [5.41, 5.74) is 1.74. The van der Waals surface area contributed by atoms with E-state index in [4.69, 9.17) is 5.11 Å². The van der Waals surface area contributed by atoms with Gasteiger partial charge in [0.2, 0.25) is 5.95 Å². The zero-order chi connectivity index (χ0) is 20.7. The van der Waals surface area contributed by atoms with E-state index >= 15 is 0 Å². The van der Waals surface area contributed by atoms with Crippen molar-refractivity contribution in [3.05, 3.63) is 60.4 Å². The molecule has 3 N–H and O–H groups in total. The number of halogens is 3. The van der Waals surface area contributed by atoms with Crippen molar-refractivity contribution >= 4 is 11.8 Å². The van der Waals surface area contributed by atoms with Gasteiger partial charge in [-0.2, -0.15) is 4.98 Å². The molecule has 7 nitrogen and oxygen atoms in total. The van der Waals surface area contributed by atoms with Crippen molar-refractivity contribution in [3.63, 3.8) is 0 Å². The summed E-state index contributed by atoms with van der Waals surface area (Å²) in [5, 5.41) is 15.0. The first-order valence-corrected chi connectivity index (χ1v) is 8.66. The van der Waals surface area contributed by atoms with Crippen LogP contribution in [-0.2, 0) is 6.54 Å². The monoisotopic (exact) mass is 405 g/mol. The number of benzene rings is 1. The number of hydrogen-bond acceptors (Lipinski definition) is 7. The van der Waals surface area contributed by atoms with Crippen molar-refractivity contribution in [2.45, 2.75) is 12.9 Å². The Balaban J connectivity index is 1.87. The van der Waals surface area contributed by atoms with Gasteiger partial charge < -0.3 is 20.5 Å². The quantitative estimate of drug-likeness (QED) is 0.529. The fraction of sp³-hybridized carbons (Fsp3) is 0.211. The minimum atomic E-state index is -4.78. The third-order valence-electron chi connectivity index (χ3n) is 3.68. The maximum absolute atomic E-state index is 12.5. The number of aliphatic hydroxyl groups excluding tert-OH is 1. The van der Waals surface area contributed by atoms with Gasteiger partial charge >= 0.3 is 6.36 Å². The lowest BCUT2D eigenvalue weighted by molar-refractivity contribution is -0.274. The molecule has 0 radical (unpaired) electrons. The normalized spacial score (nSPS) is 11.2. The van der Waals surface area contributed by atoms with Gasteiger partial charge in [-0.1, -0.05) is 18.2 Å². The minimum Gasteiger partial charge on any atom is -0.406 e. The lowest BCUT2D eigenvalue weighted by Crippen LogP contribution is -2.17. The third-order valence-corrected chi connectivity index (χ3v) is 3.68. The molecule has 29 heavy (non-hydrogen) atoms. The molecule has 0 amide bonds. The van der Waals surface area contributed by atoms with Gasteiger partial charge in [0.1, 0.15) is 11.6 Å². The topological polar surface area (TPSA) is 92.2 Å². The summed E-state index contributed by atoms with van der Waals surface area (Å²) in [6.45, 7) is 0.546. The number of rotatable bonds is 8. The van der Waals surface area contributed by atoms with Gasteiger partial charge in [-0.05, 0) is 23.8 Å². The summed E-state index contributed by atoms with van der Waals surface area (Å²) in [5.74, 6) is 0.345. The second-order valence-electron chi connectivity index (χ2n) is 5.90. The van der Waals surface area contributed by atoms with Gasteiger partial charge in [-0.25, -0.2) is 4.98 Å². The maximum Gasteiger partial charge on any atom is 0.573 e. The predicted octanol–water partition coefficient (Wildman–Crippen LogP) is 3.45. The van der Waals surface area contributed by atoms with Gasteiger partial charge in [-0.15, -0.1) is 13.2 Å². The second kappa shape index (κ2) is 9.20. The lowest BCUT2D eigenvalue weighted by Gasteiger charge is -2.12. The first-order chi connectivity index (χ1) is 13.9. The molecule has 0 saturated carbocycles. The van der Waals surface area contributed by atoms with Crippen molar-refractivity contribution in [3.8, 4) is 17.0 Å². The van der Waals surface area contributed by atoms with E-state index in [1.165, 1.54) is 18.2 Å². The largest absolute Gasteiger partial charge is 0.573 e. The van der Waals surface area contributed by atoms with Gasteiger partial charge in [0.15, 0.2) is 0 Å². The van der Waals surface area contributed by atoms with Crippen LogP contribution in [0, 0.1) is 0 Å². The molecule has 3 rings (SSSR count). The van der Waals surface area contributed by atoms with E-state index in [-0.39, 0.29) is 24.8 Å². The number of hydrogen-bond donors (Lipinski definition) is 3. The van der Waals surface area contributed by atoms with Crippen molar-refractivity contribution in [2.75, 3.05) is 23.8 Å². The highest BCUT2D eigenvalue weighted by Crippen LogP contribution is 2.28. The molecular formula is C19H18F3N5O2. The fourth-order valence-electron chi connectivity index (χ4n) is 2.48. The molecule has 0 unspecified atom stereocenters. The number of aromatic nitrogens is 3. The summed E-state index contributed by atoms with van der Waals surface area (Å²) in [6.07, 6.45) is -1.41. The smallest absolute Gasteiger partial charge is 0.406 e. The highest BCUT2D eigenvalue weighted by molar-refractivity contribution is 5.66. The zero-order valence-corrected chi connectivity index (χ0v) is 15.1. The van der Waals surface area contributed by atoms with Gasteiger partial charge in [0.25, 0.3) is 0 Å². The first kappa shape index (κ1) is 20.3. The number of anilines is 2. The van der Waals surface area contributed by atoms with E-state index in [0.717, 1.165) is 5.56 Å². The van der Waals surface area contributed by atoms with Crippen LogP contribution in [0.2, 0.25) is 0 Å². The summed E-state index contributed by atoms with van der Waals surface area (Å²) < 4.78 is 41.5. The second-order valence-corrected chi connectivity index (χ2v) is 5.90. The molecule has 3 aromatic rings. The fourth-order valence-corrected chi connectivity index (χ4v) is 2.48. The third kappa shape index (κ3) is 6.32. The lowest BCUT2D eigenvalue weighted by atomic mass is 10.1. The Morgan fingerprint density at radius 2 is 1.90 bits per heavy atom. The van der Waals surface area contributed by atoms with Crippen LogP contribution in [-0.4, -0.2) is 39.6 Å². The Bertz CT molecular complexity index is 939. The zero-order valence-electron chi connectivity index (χ0n) is 15.1. The Morgan fingerprint density at radius 1 is 1.03 bits per heavy atom. The minimum absolute atomic E-state index is 0.124. The number of nitrogens with zero attached hydrogens (tertiary/aromatic N) is 3. The Kier molecular flexibility index (Phi) is 6.45.